The van der Waals surface area contributed by atoms with Crippen LogP contribution in [0.2, 0.25) is 0 Å². The lowest BCUT2D eigenvalue weighted by Gasteiger charge is -2.12. The standard InChI is InChI=1S/C14H21NO4/c1-10-4-5-12(13(6-10)18-3)19-9-14(17)15-7-11(2)8-16/h4-6,11,16H,7-9H2,1-3H3,(H,15,17). The van der Waals surface area contributed by atoms with Crippen molar-refractivity contribution in [3.8, 4) is 11.5 Å². The van der Waals surface area contributed by atoms with E-state index in [1.165, 1.54) is 0 Å². The van der Waals surface area contributed by atoms with Gasteiger partial charge in [0.2, 0.25) is 0 Å². The van der Waals surface area contributed by atoms with Gasteiger partial charge in [-0.15, -0.1) is 0 Å². The monoisotopic (exact) mass is 267 g/mol. The van der Waals surface area contributed by atoms with Gasteiger partial charge in [-0.3, -0.25) is 4.79 Å². The third kappa shape index (κ3) is 5.18. The fraction of sp³-hybridized carbons (Fsp3) is 0.500. The molecule has 0 saturated carbocycles. The molecule has 2 N–H and O–H groups in total. The first-order valence-corrected chi connectivity index (χ1v) is 6.21. The second-order valence-corrected chi connectivity index (χ2v) is 4.53. The first-order valence-electron chi connectivity index (χ1n) is 6.21. The van der Waals surface area contributed by atoms with Crippen LogP contribution in [0.1, 0.15) is 12.5 Å². The molecule has 0 aliphatic rings. The van der Waals surface area contributed by atoms with Crippen molar-refractivity contribution < 1.29 is 19.4 Å². The second kappa shape index (κ2) is 7.63. The molecule has 0 heterocycles. The number of aryl methyl sites for hydroxylation is 1. The number of carbonyl (C=O) groups is 1. The molecule has 1 atom stereocenters. The first-order chi connectivity index (χ1) is 9.06. The highest BCUT2D eigenvalue weighted by atomic mass is 16.5. The van der Waals surface area contributed by atoms with Crippen molar-refractivity contribution >= 4 is 5.91 Å². The summed E-state index contributed by atoms with van der Waals surface area (Å²) in [7, 11) is 1.56. The molecule has 0 aromatic heterocycles. The summed E-state index contributed by atoms with van der Waals surface area (Å²) in [5, 5.41) is 11.5. The van der Waals surface area contributed by atoms with Gasteiger partial charge in [0.15, 0.2) is 18.1 Å². The molecular weight excluding hydrogens is 246 g/mol. The van der Waals surface area contributed by atoms with Crippen molar-refractivity contribution in [2.24, 2.45) is 5.92 Å². The molecule has 19 heavy (non-hydrogen) atoms. The molecule has 1 aromatic rings. The fourth-order valence-corrected chi connectivity index (χ4v) is 1.44. The van der Waals surface area contributed by atoms with Crippen LogP contribution in [0, 0.1) is 12.8 Å². The number of ether oxygens (including phenoxy) is 2. The molecule has 1 aromatic carbocycles. The van der Waals surface area contributed by atoms with Crippen LogP contribution in [0.5, 0.6) is 11.5 Å². The zero-order chi connectivity index (χ0) is 14.3. The Balaban J connectivity index is 2.46. The molecule has 0 aliphatic carbocycles. The number of methoxy groups -OCH3 is 1. The molecule has 1 unspecified atom stereocenters. The molecule has 0 radical (unpaired) electrons. The predicted molar refractivity (Wildman–Crippen MR) is 72.5 cm³/mol. The summed E-state index contributed by atoms with van der Waals surface area (Å²) < 4.78 is 10.6. The Hall–Kier alpha value is -1.75. The van der Waals surface area contributed by atoms with Crippen LogP contribution < -0.4 is 14.8 Å². The zero-order valence-corrected chi connectivity index (χ0v) is 11.6. The average molecular weight is 267 g/mol. The van der Waals surface area contributed by atoms with E-state index in [1.807, 2.05) is 26.0 Å². The highest BCUT2D eigenvalue weighted by Gasteiger charge is 2.08. The van der Waals surface area contributed by atoms with Crippen LogP contribution in [-0.4, -0.2) is 37.9 Å². The average Bonchev–Trinajstić information content (AvgIpc) is 2.43. The second-order valence-electron chi connectivity index (χ2n) is 4.53. The molecule has 1 amide bonds. The number of carbonyl (C=O) groups excluding carboxylic acids is 1. The molecule has 0 spiro atoms. The summed E-state index contributed by atoms with van der Waals surface area (Å²) in [6, 6.07) is 5.52. The number of benzene rings is 1. The Morgan fingerprint density at radius 1 is 1.42 bits per heavy atom. The van der Waals surface area contributed by atoms with Crippen LogP contribution in [-0.2, 0) is 4.79 Å². The van der Waals surface area contributed by atoms with Crippen molar-refractivity contribution in [1.29, 1.82) is 0 Å². The lowest BCUT2D eigenvalue weighted by molar-refractivity contribution is -0.123. The number of aliphatic hydroxyl groups is 1. The van der Waals surface area contributed by atoms with Gasteiger partial charge in [0.1, 0.15) is 0 Å². The van der Waals surface area contributed by atoms with E-state index >= 15 is 0 Å². The predicted octanol–water partition coefficient (Wildman–Crippen LogP) is 1.13. The van der Waals surface area contributed by atoms with Crippen LogP contribution in [0.4, 0.5) is 0 Å². The largest absolute Gasteiger partial charge is 0.493 e. The summed E-state index contributed by atoms with van der Waals surface area (Å²) in [6.45, 7) is 4.22. The van der Waals surface area contributed by atoms with Crippen molar-refractivity contribution in [2.75, 3.05) is 26.9 Å². The highest BCUT2D eigenvalue weighted by Crippen LogP contribution is 2.27. The Morgan fingerprint density at radius 2 is 2.16 bits per heavy atom. The minimum atomic E-state index is -0.220. The summed E-state index contributed by atoms with van der Waals surface area (Å²) in [5.74, 6) is 0.968. The normalized spacial score (nSPS) is 11.8. The van der Waals surface area contributed by atoms with Gasteiger partial charge in [-0.05, 0) is 30.5 Å². The maximum Gasteiger partial charge on any atom is 0.257 e. The number of nitrogens with one attached hydrogen (secondary N) is 1. The van der Waals surface area contributed by atoms with E-state index in [4.69, 9.17) is 14.6 Å². The molecule has 0 fully saturated rings. The van der Waals surface area contributed by atoms with Crippen molar-refractivity contribution in [3.05, 3.63) is 23.8 Å². The van der Waals surface area contributed by atoms with E-state index < -0.39 is 0 Å². The molecule has 106 valence electrons. The van der Waals surface area contributed by atoms with E-state index in [-0.39, 0.29) is 25.0 Å². The molecule has 5 nitrogen and oxygen atoms in total. The van der Waals surface area contributed by atoms with Crippen molar-refractivity contribution in [2.45, 2.75) is 13.8 Å². The van der Waals surface area contributed by atoms with Gasteiger partial charge in [0, 0.05) is 13.2 Å². The van der Waals surface area contributed by atoms with Crippen LogP contribution >= 0.6 is 0 Å². The molecule has 0 saturated heterocycles. The Bertz CT molecular complexity index is 420. The van der Waals surface area contributed by atoms with Crippen molar-refractivity contribution in [3.63, 3.8) is 0 Å². The van der Waals surface area contributed by atoms with Gasteiger partial charge >= 0.3 is 0 Å². The highest BCUT2D eigenvalue weighted by molar-refractivity contribution is 5.77. The van der Waals surface area contributed by atoms with E-state index in [9.17, 15) is 4.79 Å². The first kappa shape index (κ1) is 15.3. The van der Waals surface area contributed by atoms with E-state index in [1.54, 1.807) is 13.2 Å². The van der Waals surface area contributed by atoms with Gasteiger partial charge in [-0.1, -0.05) is 13.0 Å². The van der Waals surface area contributed by atoms with Crippen molar-refractivity contribution in [1.82, 2.24) is 5.32 Å². The SMILES string of the molecule is COc1cc(C)ccc1OCC(=O)NCC(C)CO. The third-order valence-corrected chi connectivity index (χ3v) is 2.64. The zero-order valence-electron chi connectivity index (χ0n) is 11.6. The van der Waals surface area contributed by atoms with Gasteiger partial charge in [-0.25, -0.2) is 0 Å². The minimum absolute atomic E-state index is 0.0397. The minimum Gasteiger partial charge on any atom is -0.493 e. The molecule has 1 rings (SSSR count). The molecule has 0 bridgehead atoms. The number of amides is 1. The molecular formula is C14H21NO4. The van der Waals surface area contributed by atoms with Gasteiger partial charge in [0.25, 0.3) is 5.91 Å². The number of aliphatic hydroxyl groups excluding tert-OH is 1. The lowest BCUT2D eigenvalue weighted by atomic mass is 10.2. The van der Waals surface area contributed by atoms with Crippen LogP contribution in [0.15, 0.2) is 18.2 Å². The van der Waals surface area contributed by atoms with Gasteiger partial charge < -0.3 is 19.9 Å². The number of rotatable bonds is 7. The van der Waals surface area contributed by atoms with E-state index in [0.717, 1.165) is 5.56 Å². The number of hydrogen-bond donors (Lipinski definition) is 2. The van der Waals surface area contributed by atoms with E-state index in [2.05, 4.69) is 5.32 Å². The smallest absolute Gasteiger partial charge is 0.257 e. The topological polar surface area (TPSA) is 67.8 Å². The van der Waals surface area contributed by atoms with Gasteiger partial charge in [-0.2, -0.15) is 0 Å². The lowest BCUT2D eigenvalue weighted by Crippen LogP contribution is -2.33. The Labute approximate surface area is 113 Å². The Morgan fingerprint density at radius 3 is 2.79 bits per heavy atom. The summed E-state index contributed by atoms with van der Waals surface area (Å²) in [4.78, 5) is 11.5. The summed E-state index contributed by atoms with van der Waals surface area (Å²) in [5.41, 5.74) is 1.06. The quantitative estimate of drug-likeness (QED) is 0.777. The van der Waals surface area contributed by atoms with Gasteiger partial charge in [0.05, 0.1) is 7.11 Å². The summed E-state index contributed by atoms with van der Waals surface area (Å²) >= 11 is 0. The maximum atomic E-state index is 11.5. The molecule has 0 aliphatic heterocycles. The Kier molecular flexibility index (Phi) is 6.15. The van der Waals surface area contributed by atoms with Crippen LogP contribution in [0.3, 0.4) is 0 Å². The third-order valence-electron chi connectivity index (χ3n) is 2.64. The van der Waals surface area contributed by atoms with E-state index in [0.29, 0.717) is 18.0 Å². The number of hydrogen-bond acceptors (Lipinski definition) is 4. The maximum absolute atomic E-state index is 11.5. The molecule has 5 heteroatoms. The summed E-state index contributed by atoms with van der Waals surface area (Å²) in [6.07, 6.45) is 0. The fourth-order valence-electron chi connectivity index (χ4n) is 1.44. The van der Waals surface area contributed by atoms with Crippen LogP contribution in [0.25, 0.3) is 0 Å².